The summed E-state index contributed by atoms with van der Waals surface area (Å²) in [5.41, 5.74) is 0.938. The number of carbonyl (C=O) groups is 1. The van der Waals surface area contributed by atoms with Crippen molar-refractivity contribution < 1.29 is 9.53 Å². The van der Waals surface area contributed by atoms with Gasteiger partial charge in [0.15, 0.2) is 0 Å². The van der Waals surface area contributed by atoms with Crippen LogP contribution in [0.4, 0.5) is 0 Å². The van der Waals surface area contributed by atoms with Gasteiger partial charge in [0.25, 0.3) is 5.91 Å². The van der Waals surface area contributed by atoms with E-state index in [-0.39, 0.29) is 12.0 Å². The summed E-state index contributed by atoms with van der Waals surface area (Å²) in [4.78, 5) is 15.0. The molecule has 0 bridgehead atoms. The Morgan fingerprint density at radius 2 is 2.14 bits per heavy atom. The summed E-state index contributed by atoms with van der Waals surface area (Å²) in [6, 6.07) is 9.17. The molecule has 1 aromatic carbocycles. The zero-order valence-corrected chi connectivity index (χ0v) is 13.4. The second-order valence-corrected chi connectivity index (χ2v) is 6.52. The lowest BCUT2D eigenvalue weighted by molar-refractivity contribution is -0.0226. The number of nitrogens with zero attached hydrogens (tertiary/aromatic N) is 1. The molecule has 1 fully saturated rings. The molecule has 0 N–H and O–H groups in total. The van der Waals surface area contributed by atoms with E-state index in [1.165, 1.54) is 11.3 Å². The van der Waals surface area contributed by atoms with Gasteiger partial charge >= 0.3 is 0 Å². The van der Waals surface area contributed by atoms with Crippen LogP contribution in [-0.4, -0.2) is 30.5 Å². The largest absolute Gasteiger partial charge is 0.370 e. The number of carbonyl (C=O) groups excluding carboxylic acids is 1. The highest BCUT2D eigenvalue weighted by Crippen LogP contribution is 2.29. The maximum absolute atomic E-state index is 12.4. The molecule has 1 aliphatic heterocycles. The van der Waals surface area contributed by atoms with Crippen LogP contribution in [0.1, 0.15) is 21.3 Å². The van der Waals surface area contributed by atoms with Crippen LogP contribution in [0.25, 0.3) is 0 Å². The van der Waals surface area contributed by atoms with Gasteiger partial charge in [-0.3, -0.25) is 4.79 Å². The molecule has 2 heterocycles. The molecule has 1 aromatic heterocycles. The van der Waals surface area contributed by atoms with E-state index in [1.54, 1.807) is 12.1 Å². The number of benzene rings is 1. The predicted octanol–water partition coefficient (Wildman–Crippen LogP) is 4.27. The average Bonchev–Trinajstić information content (AvgIpc) is 3.04. The van der Waals surface area contributed by atoms with Crippen molar-refractivity contribution in [1.29, 1.82) is 0 Å². The summed E-state index contributed by atoms with van der Waals surface area (Å²) in [7, 11) is 0. The molecule has 0 saturated carbocycles. The van der Waals surface area contributed by atoms with Crippen LogP contribution < -0.4 is 0 Å². The van der Waals surface area contributed by atoms with Gasteiger partial charge < -0.3 is 9.64 Å². The van der Waals surface area contributed by atoms with Gasteiger partial charge in [-0.2, -0.15) is 0 Å². The smallest absolute Gasteiger partial charge is 0.264 e. The van der Waals surface area contributed by atoms with Crippen molar-refractivity contribution in [2.45, 2.75) is 6.10 Å². The summed E-state index contributed by atoms with van der Waals surface area (Å²) < 4.78 is 5.76. The molecule has 21 heavy (non-hydrogen) atoms. The third kappa shape index (κ3) is 3.24. The zero-order valence-electron chi connectivity index (χ0n) is 11.1. The van der Waals surface area contributed by atoms with E-state index in [4.69, 9.17) is 27.9 Å². The van der Waals surface area contributed by atoms with Crippen molar-refractivity contribution in [2.24, 2.45) is 0 Å². The fourth-order valence-corrected chi connectivity index (χ4v) is 3.30. The van der Waals surface area contributed by atoms with Gasteiger partial charge in [0.05, 0.1) is 28.1 Å². The lowest BCUT2D eigenvalue weighted by atomic mass is 10.1. The molecule has 0 spiro atoms. The highest BCUT2D eigenvalue weighted by Gasteiger charge is 2.26. The molecule has 1 amide bonds. The number of rotatable bonds is 2. The van der Waals surface area contributed by atoms with Crippen LogP contribution in [-0.2, 0) is 4.74 Å². The predicted molar refractivity (Wildman–Crippen MR) is 85.4 cm³/mol. The molecule has 0 radical (unpaired) electrons. The SMILES string of the molecule is O=C(c1cccs1)N1CCOC(c2ccc(Cl)c(Cl)c2)C1. The number of hydrogen-bond acceptors (Lipinski definition) is 3. The Hall–Kier alpha value is -1.07. The first-order valence-electron chi connectivity index (χ1n) is 6.54. The number of amides is 1. The lowest BCUT2D eigenvalue weighted by Crippen LogP contribution is -2.42. The van der Waals surface area contributed by atoms with Crippen LogP contribution >= 0.6 is 34.5 Å². The first-order valence-corrected chi connectivity index (χ1v) is 8.18. The molecule has 3 rings (SSSR count). The van der Waals surface area contributed by atoms with Crippen molar-refractivity contribution in [1.82, 2.24) is 4.90 Å². The minimum absolute atomic E-state index is 0.0540. The molecule has 1 aliphatic rings. The van der Waals surface area contributed by atoms with Gasteiger partial charge in [0.2, 0.25) is 0 Å². The van der Waals surface area contributed by atoms with Gasteiger partial charge in [-0.1, -0.05) is 35.3 Å². The summed E-state index contributed by atoms with van der Waals surface area (Å²) >= 11 is 13.4. The van der Waals surface area contributed by atoms with Crippen LogP contribution in [0, 0.1) is 0 Å². The van der Waals surface area contributed by atoms with E-state index < -0.39 is 0 Å². The highest BCUT2D eigenvalue weighted by molar-refractivity contribution is 7.12. The van der Waals surface area contributed by atoms with Crippen LogP contribution in [0.2, 0.25) is 10.0 Å². The van der Waals surface area contributed by atoms with Gasteiger partial charge in [0, 0.05) is 6.54 Å². The Morgan fingerprint density at radius 3 is 2.86 bits per heavy atom. The van der Waals surface area contributed by atoms with Gasteiger partial charge in [-0.25, -0.2) is 0 Å². The molecule has 6 heteroatoms. The molecule has 0 aliphatic carbocycles. The van der Waals surface area contributed by atoms with Gasteiger partial charge in [-0.05, 0) is 29.1 Å². The quantitative estimate of drug-likeness (QED) is 0.816. The molecule has 1 saturated heterocycles. The van der Waals surface area contributed by atoms with E-state index in [9.17, 15) is 4.79 Å². The number of hydrogen-bond donors (Lipinski definition) is 0. The second kappa shape index (κ2) is 6.36. The summed E-state index contributed by atoms with van der Waals surface area (Å²) in [5.74, 6) is 0.0540. The third-order valence-electron chi connectivity index (χ3n) is 3.40. The molecule has 110 valence electrons. The van der Waals surface area contributed by atoms with E-state index >= 15 is 0 Å². The number of halogens is 2. The number of morpholine rings is 1. The first-order chi connectivity index (χ1) is 10.1. The molecular weight excluding hydrogens is 329 g/mol. The van der Waals surface area contributed by atoms with Crippen molar-refractivity contribution in [3.8, 4) is 0 Å². The normalized spacial score (nSPS) is 18.8. The maximum Gasteiger partial charge on any atom is 0.264 e. The van der Waals surface area contributed by atoms with Gasteiger partial charge in [-0.15, -0.1) is 11.3 Å². The molecule has 1 atom stereocenters. The number of ether oxygens (including phenoxy) is 1. The third-order valence-corrected chi connectivity index (χ3v) is 5.00. The Bertz CT molecular complexity index is 645. The molecular formula is C15H13Cl2NO2S. The molecule has 1 unspecified atom stereocenters. The Morgan fingerprint density at radius 1 is 1.29 bits per heavy atom. The Kier molecular flexibility index (Phi) is 4.50. The monoisotopic (exact) mass is 341 g/mol. The lowest BCUT2D eigenvalue weighted by Gasteiger charge is -2.33. The standard InChI is InChI=1S/C15H13Cl2NO2S/c16-11-4-3-10(8-12(11)17)13-9-18(5-6-20-13)15(19)14-2-1-7-21-14/h1-4,7-8,13H,5-6,9H2. The van der Waals surface area contributed by atoms with E-state index in [0.29, 0.717) is 29.7 Å². The second-order valence-electron chi connectivity index (χ2n) is 4.76. The highest BCUT2D eigenvalue weighted by atomic mass is 35.5. The van der Waals surface area contributed by atoms with E-state index in [1.807, 2.05) is 28.5 Å². The first kappa shape index (κ1) is 14.9. The zero-order chi connectivity index (χ0) is 14.8. The van der Waals surface area contributed by atoms with Crippen molar-refractivity contribution in [3.05, 3.63) is 56.2 Å². The summed E-state index contributed by atoms with van der Waals surface area (Å²) in [6.45, 7) is 1.64. The van der Waals surface area contributed by atoms with Crippen LogP contribution in [0.5, 0.6) is 0 Å². The van der Waals surface area contributed by atoms with E-state index in [2.05, 4.69) is 0 Å². The van der Waals surface area contributed by atoms with Crippen molar-refractivity contribution >= 4 is 40.4 Å². The Labute approximate surface area is 137 Å². The minimum Gasteiger partial charge on any atom is -0.370 e. The summed E-state index contributed by atoms with van der Waals surface area (Å²) in [6.07, 6.45) is -0.169. The van der Waals surface area contributed by atoms with Gasteiger partial charge in [0.1, 0.15) is 6.10 Å². The Balaban J connectivity index is 1.76. The maximum atomic E-state index is 12.4. The topological polar surface area (TPSA) is 29.5 Å². The number of thiophene rings is 1. The fraction of sp³-hybridized carbons (Fsp3) is 0.267. The minimum atomic E-state index is -0.169. The molecule has 3 nitrogen and oxygen atoms in total. The van der Waals surface area contributed by atoms with E-state index in [0.717, 1.165) is 10.4 Å². The van der Waals surface area contributed by atoms with Crippen molar-refractivity contribution in [2.75, 3.05) is 19.7 Å². The molecule has 2 aromatic rings. The summed E-state index contributed by atoms with van der Waals surface area (Å²) in [5, 5.41) is 2.92. The van der Waals surface area contributed by atoms with Crippen molar-refractivity contribution in [3.63, 3.8) is 0 Å². The van der Waals surface area contributed by atoms with Crippen LogP contribution in [0.3, 0.4) is 0 Å². The van der Waals surface area contributed by atoms with Crippen LogP contribution in [0.15, 0.2) is 35.7 Å². The fourth-order valence-electron chi connectivity index (χ4n) is 2.30. The average molecular weight is 342 g/mol.